The van der Waals surface area contributed by atoms with Gasteiger partial charge in [0, 0.05) is 28.7 Å². The Morgan fingerprint density at radius 2 is 1.81 bits per heavy atom. The van der Waals surface area contributed by atoms with E-state index in [1.807, 2.05) is 37.3 Å². The second-order valence-electron chi connectivity index (χ2n) is 7.86. The third-order valence-corrected chi connectivity index (χ3v) is 5.76. The van der Waals surface area contributed by atoms with Crippen molar-refractivity contribution in [2.24, 2.45) is 0 Å². The van der Waals surface area contributed by atoms with Gasteiger partial charge in [0.2, 0.25) is 0 Å². The maximum atomic E-state index is 9.94. The van der Waals surface area contributed by atoms with E-state index < -0.39 is 0 Å². The molecule has 0 saturated heterocycles. The van der Waals surface area contributed by atoms with E-state index in [-0.39, 0.29) is 0 Å². The lowest BCUT2D eigenvalue weighted by Gasteiger charge is -2.08. The van der Waals surface area contributed by atoms with E-state index in [9.17, 15) is 5.26 Å². The topological polar surface area (TPSA) is 57.4 Å². The number of allylic oxidation sites excluding steroid dienone is 1. The Hall–Kier alpha value is -4.10. The standard InChI is InChI=1S/C27H22N4/c1-18-12-13-24-25(14-18)30-27(29-24)21(16-28)15-23-19(2)31(17-20-8-4-3-5-9-20)26-11-7-6-10-22(23)26/h3-15H,17H2,1-2H3,(H,29,30)/b21-15-. The Morgan fingerprint density at radius 1 is 1.03 bits per heavy atom. The highest BCUT2D eigenvalue weighted by Crippen LogP contribution is 2.30. The number of para-hydroxylation sites is 1. The molecule has 5 aromatic rings. The van der Waals surface area contributed by atoms with Crippen molar-refractivity contribution in [1.82, 2.24) is 14.5 Å². The minimum atomic E-state index is 0.527. The molecule has 0 unspecified atom stereocenters. The van der Waals surface area contributed by atoms with Gasteiger partial charge < -0.3 is 9.55 Å². The lowest BCUT2D eigenvalue weighted by Crippen LogP contribution is -2.01. The van der Waals surface area contributed by atoms with E-state index in [2.05, 4.69) is 76.1 Å². The largest absolute Gasteiger partial charge is 0.340 e. The molecule has 2 heterocycles. The van der Waals surface area contributed by atoms with Crippen LogP contribution < -0.4 is 0 Å². The van der Waals surface area contributed by atoms with Gasteiger partial charge in [-0.3, -0.25) is 0 Å². The van der Waals surface area contributed by atoms with Crippen LogP contribution in [-0.4, -0.2) is 14.5 Å². The summed E-state index contributed by atoms with van der Waals surface area (Å²) in [4.78, 5) is 7.97. The third kappa shape index (κ3) is 3.41. The van der Waals surface area contributed by atoms with Gasteiger partial charge in [-0.05, 0) is 49.2 Å². The summed E-state index contributed by atoms with van der Waals surface area (Å²) in [5, 5.41) is 11.1. The first-order valence-corrected chi connectivity index (χ1v) is 10.3. The zero-order valence-electron chi connectivity index (χ0n) is 17.6. The summed E-state index contributed by atoms with van der Waals surface area (Å²) in [7, 11) is 0. The molecule has 5 rings (SSSR count). The van der Waals surface area contributed by atoms with Gasteiger partial charge in [-0.15, -0.1) is 0 Å². The number of hydrogen-bond acceptors (Lipinski definition) is 2. The average Bonchev–Trinajstić information content (AvgIpc) is 3.32. The van der Waals surface area contributed by atoms with Gasteiger partial charge in [-0.25, -0.2) is 4.98 Å². The fourth-order valence-electron chi connectivity index (χ4n) is 4.16. The second kappa shape index (κ2) is 7.62. The Kier molecular flexibility index (Phi) is 4.65. The predicted octanol–water partition coefficient (Wildman–Crippen LogP) is 6.25. The summed E-state index contributed by atoms with van der Waals surface area (Å²) in [6.45, 7) is 4.95. The van der Waals surface area contributed by atoms with Gasteiger partial charge in [-0.1, -0.05) is 54.6 Å². The van der Waals surface area contributed by atoms with Crippen molar-refractivity contribution in [2.75, 3.05) is 0 Å². The molecule has 0 spiro atoms. The number of benzene rings is 3. The molecule has 0 amide bonds. The summed E-state index contributed by atoms with van der Waals surface area (Å²) in [6.07, 6.45) is 1.96. The molecule has 31 heavy (non-hydrogen) atoms. The molecule has 0 bridgehead atoms. The molecular weight excluding hydrogens is 380 g/mol. The van der Waals surface area contributed by atoms with Crippen LogP contribution >= 0.6 is 0 Å². The first kappa shape index (κ1) is 18.9. The number of hydrogen-bond donors (Lipinski definition) is 1. The molecule has 0 radical (unpaired) electrons. The summed E-state index contributed by atoms with van der Waals surface area (Å²) in [5.41, 5.74) is 8.08. The molecule has 0 fully saturated rings. The van der Waals surface area contributed by atoms with Crippen LogP contribution in [0.3, 0.4) is 0 Å². The van der Waals surface area contributed by atoms with E-state index >= 15 is 0 Å². The molecule has 1 N–H and O–H groups in total. The van der Waals surface area contributed by atoms with E-state index in [0.717, 1.165) is 45.3 Å². The molecular formula is C27H22N4. The lowest BCUT2D eigenvalue weighted by atomic mass is 10.1. The lowest BCUT2D eigenvalue weighted by molar-refractivity contribution is 0.804. The normalized spacial score (nSPS) is 11.8. The van der Waals surface area contributed by atoms with Crippen molar-refractivity contribution in [3.05, 3.63) is 101 Å². The van der Waals surface area contributed by atoms with Crippen LogP contribution in [0.25, 0.3) is 33.6 Å². The maximum Gasteiger partial charge on any atom is 0.149 e. The number of nitrogens with one attached hydrogen (secondary N) is 1. The fraction of sp³-hybridized carbons (Fsp3) is 0.111. The summed E-state index contributed by atoms with van der Waals surface area (Å²) in [6, 6.07) is 27.2. The molecule has 0 atom stereocenters. The van der Waals surface area contributed by atoms with Crippen molar-refractivity contribution >= 4 is 33.6 Å². The van der Waals surface area contributed by atoms with E-state index in [4.69, 9.17) is 0 Å². The quantitative estimate of drug-likeness (QED) is 0.361. The van der Waals surface area contributed by atoms with Gasteiger partial charge in [0.15, 0.2) is 0 Å². The van der Waals surface area contributed by atoms with Crippen molar-refractivity contribution in [2.45, 2.75) is 20.4 Å². The second-order valence-corrected chi connectivity index (χ2v) is 7.86. The first-order valence-electron chi connectivity index (χ1n) is 10.3. The summed E-state index contributed by atoms with van der Waals surface area (Å²) < 4.78 is 2.31. The van der Waals surface area contributed by atoms with Crippen LogP contribution in [0.4, 0.5) is 0 Å². The van der Waals surface area contributed by atoms with E-state index in [1.54, 1.807) is 0 Å². The number of aromatic amines is 1. The van der Waals surface area contributed by atoms with Crippen molar-refractivity contribution in [3.63, 3.8) is 0 Å². The van der Waals surface area contributed by atoms with Crippen LogP contribution in [0.15, 0.2) is 72.8 Å². The minimum absolute atomic E-state index is 0.527. The van der Waals surface area contributed by atoms with E-state index in [1.165, 1.54) is 5.56 Å². The number of imidazole rings is 1. The summed E-state index contributed by atoms with van der Waals surface area (Å²) >= 11 is 0. The Bertz CT molecular complexity index is 1480. The first-order chi connectivity index (χ1) is 15.1. The summed E-state index contributed by atoms with van der Waals surface area (Å²) in [5.74, 6) is 0.599. The van der Waals surface area contributed by atoms with Crippen molar-refractivity contribution in [3.8, 4) is 6.07 Å². The van der Waals surface area contributed by atoms with Gasteiger partial charge in [0.25, 0.3) is 0 Å². The zero-order valence-corrected chi connectivity index (χ0v) is 17.6. The average molecular weight is 403 g/mol. The van der Waals surface area contributed by atoms with Gasteiger partial charge in [-0.2, -0.15) is 5.26 Å². The number of aromatic nitrogens is 3. The van der Waals surface area contributed by atoms with Gasteiger partial charge in [0.05, 0.1) is 16.6 Å². The Morgan fingerprint density at radius 3 is 2.61 bits per heavy atom. The van der Waals surface area contributed by atoms with Crippen LogP contribution in [0.5, 0.6) is 0 Å². The molecule has 4 nitrogen and oxygen atoms in total. The monoisotopic (exact) mass is 402 g/mol. The molecule has 2 aromatic heterocycles. The molecule has 150 valence electrons. The molecule has 3 aromatic carbocycles. The number of fused-ring (bicyclic) bond motifs is 2. The predicted molar refractivity (Wildman–Crippen MR) is 127 cm³/mol. The minimum Gasteiger partial charge on any atom is -0.340 e. The fourth-order valence-corrected chi connectivity index (χ4v) is 4.16. The molecule has 0 saturated carbocycles. The zero-order chi connectivity index (χ0) is 21.4. The molecule has 4 heteroatoms. The molecule has 0 aliphatic rings. The third-order valence-electron chi connectivity index (χ3n) is 5.76. The molecule has 0 aliphatic heterocycles. The highest BCUT2D eigenvalue weighted by atomic mass is 15.0. The van der Waals surface area contributed by atoms with Gasteiger partial charge in [0.1, 0.15) is 11.9 Å². The number of H-pyrrole nitrogens is 1. The highest BCUT2D eigenvalue weighted by Gasteiger charge is 2.15. The Balaban J connectivity index is 1.65. The highest BCUT2D eigenvalue weighted by molar-refractivity contribution is 5.99. The Labute approximate surface area is 181 Å². The number of nitrogens with zero attached hydrogens (tertiary/aromatic N) is 3. The molecule has 0 aliphatic carbocycles. The van der Waals surface area contributed by atoms with Crippen LogP contribution in [0.2, 0.25) is 0 Å². The van der Waals surface area contributed by atoms with Crippen LogP contribution in [0.1, 0.15) is 28.2 Å². The number of nitriles is 1. The van der Waals surface area contributed by atoms with Crippen LogP contribution in [-0.2, 0) is 6.54 Å². The van der Waals surface area contributed by atoms with Crippen molar-refractivity contribution < 1.29 is 0 Å². The maximum absolute atomic E-state index is 9.94. The van der Waals surface area contributed by atoms with Gasteiger partial charge >= 0.3 is 0 Å². The van der Waals surface area contributed by atoms with Crippen LogP contribution in [0, 0.1) is 25.2 Å². The number of aryl methyl sites for hydroxylation is 1. The number of rotatable bonds is 4. The SMILES string of the molecule is Cc1ccc2nc(/C(C#N)=C\c3c(C)n(Cc4ccccc4)c4ccccc34)[nH]c2c1. The van der Waals surface area contributed by atoms with Crippen molar-refractivity contribution in [1.29, 1.82) is 5.26 Å². The van der Waals surface area contributed by atoms with E-state index in [0.29, 0.717) is 11.4 Å². The smallest absolute Gasteiger partial charge is 0.149 e.